The van der Waals surface area contributed by atoms with Gasteiger partial charge in [0, 0.05) is 5.92 Å². The number of nitrogens with zero attached hydrogens (tertiary/aromatic N) is 2. The van der Waals surface area contributed by atoms with E-state index >= 15 is 0 Å². The van der Waals surface area contributed by atoms with E-state index < -0.39 is 0 Å². The average molecular weight is 317 g/mol. The summed E-state index contributed by atoms with van der Waals surface area (Å²) in [6.45, 7) is 0. The Bertz CT molecular complexity index is 741. The molecule has 1 N–H and O–H groups in total. The fourth-order valence-electron chi connectivity index (χ4n) is 3.52. The minimum atomic E-state index is 0.0671. The molecule has 0 aromatic rings. The highest BCUT2D eigenvalue weighted by Crippen LogP contribution is 2.28. The third-order valence-corrected chi connectivity index (χ3v) is 4.85. The van der Waals surface area contributed by atoms with Crippen LogP contribution in [0.2, 0.25) is 0 Å². The Hall–Kier alpha value is -2.42. The van der Waals surface area contributed by atoms with Gasteiger partial charge in [0.2, 0.25) is 0 Å². The lowest BCUT2D eigenvalue weighted by Gasteiger charge is -2.28. The maximum Gasteiger partial charge on any atom is 0.132 e. The van der Waals surface area contributed by atoms with Gasteiger partial charge in [-0.15, -0.1) is 0 Å². The van der Waals surface area contributed by atoms with E-state index in [0.717, 1.165) is 37.9 Å². The summed E-state index contributed by atoms with van der Waals surface area (Å²) in [6.07, 6.45) is 27.4. The molecule has 0 fully saturated rings. The summed E-state index contributed by atoms with van der Waals surface area (Å²) >= 11 is 0. The Morgan fingerprint density at radius 2 is 1.96 bits per heavy atom. The van der Waals surface area contributed by atoms with E-state index in [1.807, 2.05) is 0 Å². The summed E-state index contributed by atoms with van der Waals surface area (Å²) in [5.74, 6) is 1.35. The largest absolute Gasteiger partial charge is 0.348 e. The number of amidine groups is 1. The predicted molar refractivity (Wildman–Crippen MR) is 101 cm³/mol. The van der Waals surface area contributed by atoms with Gasteiger partial charge in [-0.05, 0) is 48.8 Å². The van der Waals surface area contributed by atoms with Gasteiger partial charge in [0.1, 0.15) is 18.3 Å². The van der Waals surface area contributed by atoms with Crippen LogP contribution in [0, 0.1) is 5.92 Å². The molecule has 4 aliphatic rings. The average Bonchev–Trinajstić information content (AvgIpc) is 2.70. The lowest BCUT2D eigenvalue weighted by molar-refractivity contribution is 0.475. The fraction of sp³-hybridized carbons (Fsp3) is 0.333. The first kappa shape index (κ1) is 15.1. The molecular weight excluding hydrogens is 294 g/mol. The highest BCUT2D eigenvalue weighted by molar-refractivity contribution is 6.03. The van der Waals surface area contributed by atoms with Crippen LogP contribution in [0.4, 0.5) is 0 Å². The first-order valence-corrected chi connectivity index (χ1v) is 8.88. The maximum absolute atomic E-state index is 4.59. The van der Waals surface area contributed by atoms with Crippen molar-refractivity contribution in [3.63, 3.8) is 0 Å². The lowest BCUT2D eigenvalue weighted by Crippen LogP contribution is -2.42. The third-order valence-electron chi connectivity index (χ3n) is 4.85. The van der Waals surface area contributed by atoms with Crippen LogP contribution in [-0.4, -0.2) is 18.3 Å². The van der Waals surface area contributed by atoms with Crippen LogP contribution >= 0.6 is 0 Å². The summed E-state index contributed by atoms with van der Waals surface area (Å²) in [6, 6.07) is 0. The predicted octanol–water partition coefficient (Wildman–Crippen LogP) is 4.40. The van der Waals surface area contributed by atoms with E-state index in [1.165, 1.54) is 16.7 Å². The molecule has 0 saturated carbocycles. The summed E-state index contributed by atoms with van der Waals surface area (Å²) in [5.41, 5.74) is 3.95. The zero-order chi connectivity index (χ0) is 16.2. The second-order valence-corrected chi connectivity index (χ2v) is 6.55. The van der Waals surface area contributed by atoms with Crippen molar-refractivity contribution in [1.29, 1.82) is 0 Å². The third kappa shape index (κ3) is 3.25. The normalized spacial score (nSPS) is 28.7. The standard InChI is InChI=1S/C21H23N3/c1-3-8-16(9-4-1)18-12-7-13-19(14-18)21-23-15-22-20(24-21)17-10-5-2-6-11-17/h2-3,5,7-10,12,14-15,19,21H,1,4,6,11,13H2,(H,22,23,24)/t19?,21-/m0/s1. The Morgan fingerprint density at radius 3 is 2.79 bits per heavy atom. The van der Waals surface area contributed by atoms with Gasteiger partial charge in [0.05, 0.1) is 0 Å². The van der Waals surface area contributed by atoms with Gasteiger partial charge in [-0.25, -0.2) is 9.98 Å². The number of aliphatic imine (C=N–C) groups is 2. The van der Waals surface area contributed by atoms with Crippen molar-refractivity contribution >= 4 is 12.2 Å². The number of rotatable bonds is 3. The Labute approximate surface area is 143 Å². The highest BCUT2D eigenvalue weighted by Gasteiger charge is 2.24. The van der Waals surface area contributed by atoms with E-state index in [-0.39, 0.29) is 6.17 Å². The summed E-state index contributed by atoms with van der Waals surface area (Å²) in [7, 11) is 0. The minimum Gasteiger partial charge on any atom is -0.348 e. The number of allylic oxidation sites excluding steroid dienone is 10. The molecule has 0 bridgehead atoms. The molecule has 0 aromatic heterocycles. The van der Waals surface area contributed by atoms with Crippen LogP contribution in [-0.2, 0) is 0 Å². The number of nitrogens with one attached hydrogen (secondary N) is 1. The Kier molecular flexibility index (Phi) is 4.41. The van der Waals surface area contributed by atoms with Crippen molar-refractivity contribution in [2.24, 2.45) is 15.9 Å². The van der Waals surface area contributed by atoms with Crippen molar-refractivity contribution in [3.8, 4) is 0 Å². The monoisotopic (exact) mass is 317 g/mol. The van der Waals surface area contributed by atoms with Gasteiger partial charge in [0.15, 0.2) is 0 Å². The molecule has 1 heterocycles. The van der Waals surface area contributed by atoms with E-state index in [0.29, 0.717) is 5.92 Å². The van der Waals surface area contributed by atoms with Crippen molar-refractivity contribution in [2.75, 3.05) is 0 Å². The molecule has 1 unspecified atom stereocenters. The molecule has 122 valence electrons. The smallest absolute Gasteiger partial charge is 0.132 e. The zero-order valence-corrected chi connectivity index (χ0v) is 13.9. The van der Waals surface area contributed by atoms with Gasteiger partial charge in [-0.1, -0.05) is 54.7 Å². The highest BCUT2D eigenvalue weighted by atomic mass is 15.2. The van der Waals surface area contributed by atoms with Crippen molar-refractivity contribution < 1.29 is 0 Å². The molecule has 3 nitrogen and oxygen atoms in total. The molecule has 0 saturated heterocycles. The summed E-state index contributed by atoms with van der Waals surface area (Å²) < 4.78 is 0. The van der Waals surface area contributed by atoms with Crippen LogP contribution < -0.4 is 5.32 Å². The van der Waals surface area contributed by atoms with Crippen LogP contribution in [0.3, 0.4) is 0 Å². The molecule has 0 spiro atoms. The van der Waals surface area contributed by atoms with Crippen molar-refractivity contribution in [3.05, 3.63) is 71.4 Å². The molecule has 0 aromatic carbocycles. The Morgan fingerprint density at radius 1 is 1.00 bits per heavy atom. The molecule has 0 amide bonds. The quantitative estimate of drug-likeness (QED) is 0.823. The van der Waals surface area contributed by atoms with Crippen LogP contribution in [0.5, 0.6) is 0 Å². The van der Waals surface area contributed by atoms with Crippen LogP contribution in [0.1, 0.15) is 32.1 Å². The number of hydrogen-bond donors (Lipinski definition) is 1. The molecule has 24 heavy (non-hydrogen) atoms. The zero-order valence-electron chi connectivity index (χ0n) is 13.9. The van der Waals surface area contributed by atoms with Gasteiger partial charge in [0.25, 0.3) is 0 Å². The van der Waals surface area contributed by atoms with E-state index in [4.69, 9.17) is 0 Å². The van der Waals surface area contributed by atoms with Crippen LogP contribution in [0.25, 0.3) is 0 Å². The molecule has 2 atom stereocenters. The van der Waals surface area contributed by atoms with Gasteiger partial charge >= 0.3 is 0 Å². The van der Waals surface area contributed by atoms with E-state index in [1.54, 1.807) is 6.34 Å². The van der Waals surface area contributed by atoms with Gasteiger partial charge in [-0.3, -0.25) is 0 Å². The SMILES string of the molecule is C1=CCCC(C2=NC=N[C@H](C3C=C(C4=CCCC=C4)C=CC3)N2)=C1. The lowest BCUT2D eigenvalue weighted by atomic mass is 9.88. The number of hydrogen-bond acceptors (Lipinski definition) is 3. The molecule has 3 heteroatoms. The summed E-state index contributed by atoms with van der Waals surface area (Å²) in [4.78, 5) is 9.05. The molecular formula is C21H23N3. The van der Waals surface area contributed by atoms with Crippen molar-refractivity contribution in [1.82, 2.24) is 5.32 Å². The van der Waals surface area contributed by atoms with Gasteiger partial charge < -0.3 is 5.32 Å². The summed E-state index contributed by atoms with van der Waals surface area (Å²) in [5, 5.41) is 3.55. The van der Waals surface area contributed by atoms with Crippen molar-refractivity contribution in [2.45, 2.75) is 38.3 Å². The Balaban J connectivity index is 1.50. The van der Waals surface area contributed by atoms with Gasteiger partial charge in [-0.2, -0.15) is 0 Å². The molecule has 0 radical (unpaired) electrons. The first-order chi connectivity index (χ1) is 11.9. The topological polar surface area (TPSA) is 36.8 Å². The minimum absolute atomic E-state index is 0.0671. The second kappa shape index (κ2) is 7.00. The van der Waals surface area contributed by atoms with E-state index in [2.05, 4.69) is 70.0 Å². The first-order valence-electron chi connectivity index (χ1n) is 8.88. The van der Waals surface area contributed by atoms with Crippen LogP contribution in [0.15, 0.2) is 81.4 Å². The fourth-order valence-corrected chi connectivity index (χ4v) is 3.52. The second-order valence-electron chi connectivity index (χ2n) is 6.55. The molecule has 1 aliphatic heterocycles. The molecule has 4 rings (SSSR count). The van der Waals surface area contributed by atoms with E-state index in [9.17, 15) is 0 Å². The maximum atomic E-state index is 4.59. The molecule has 3 aliphatic carbocycles.